The van der Waals surface area contributed by atoms with Crippen molar-refractivity contribution in [2.45, 2.75) is 203 Å². The van der Waals surface area contributed by atoms with Gasteiger partial charge in [-0.15, -0.1) is 0 Å². The van der Waals surface area contributed by atoms with Crippen LogP contribution in [0.4, 0.5) is 0 Å². The summed E-state index contributed by atoms with van der Waals surface area (Å²) < 4.78 is 106. The van der Waals surface area contributed by atoms with Gasteiger partial charge in [0.05, 0.1) is 77.8 Å². The van der Waals surface area contributed by atoms with Crippen molar-refractivity contribution in [1.82, 2.24) is 0 Å². The van der Waals surface area contributed by atoms with Crippen LogP contribution in [0.25, 0.3) is 0 Å². The summed E-state index contributed by atoms with van der Waals surface area (Å²) in [4.78, 5) is 0. The Morgan fingerprint density at radius 1 is 0.489 bits per heavy atom. The normalized spacial score (nSPS) is 31.7. The second-order valence-corrected chi connectivity index (χ2v) is 31.9. The first-order valence-electron chi connectivity index (χ1n) is 33.1. The fourth-order valence-electron chi connectivity index (χ4n) is 14.2. The molecule has 11 rings (SSSR count). The summed E-state index contributed by atoms with van der Waals surface area (Å²) in [6.45, 7) is 21.6. The molecule has 0 saturated carbocycles. The quantitative estimate of drug-likeness (QED) is 0.0442. The first-order valence-corrected chi connectivity index (χ1v) is 35.2. The van der Waals surface area contributed by atoms with Gasteiger partial charge in [0.25, 0.3) is 0 Å². The summed E-state index contributed by atoms with van der Waals surface area (Å²) in [5.41, 5.74) is 5.19. The summed E-state index contributed by atoms with van der Waals surface area (Å²) >= 11 is 0. The van der Waals surface area contributed by atoms with Crippen molar-refractivity contribution >= 4 is 8.32 Å². The van der Waals surface area contributed by atoms with Gasteiger partial charge in [0, 0.05) is 17.4 Å². The van der Waals surface area contributed by atoms with E-state index in [0.29, 0.717) is 13.2 Å². The topological polar surface area (TPSA) is 159 Å². The Balaban J connectivity index is 0.946. The third kappa shape index (κ3) is 15.7. The molecule has 17 heteroatoms. The van der Waals surface area contributed by atoms with Crippen LogP contribution in [0.3, 0.4) is 0 Å². The van der Waals surface area contributed by atoms with Crippen LogP contribution in [-0.4, -0.2) is 132 Å². The van der Waals surface area contributed by atoms with Gasteiger partial charge >= 0.3 is 0 Å². The van der Waals surface area contributed by atoms with Crippen molar-refractivity contribution in [2.24, 2.45) is 11.8 Å². The van der Waals surface area contributed by atoms with Crippen LogP contribution in [0.1, 0.15) is 102 Å². The molecular formula is C75H96O16Si. The summed E-state index contributed by atoms with van der Waals surface area (Å²) in [5, 5.41) is 13.1. The van der Waals surface area contributed by atoms with Crippen LogP contribution < -0.4 is 0 Å². The molecule has 5 heterocycles. The molecule has 5 saturated heterocycles. The monoisotopic (exact) mass is 1280 g/mol. The fraction of sp³-hybridized carbons (Fsp3) is 0.520. The molecule has 5 fully saturated rings. The number of aliphatic hydroxyl groups is 1. The zero-order chi connectivity index (χ0) is 64.2. The van der Waals surface area contributed by atoms with Gasteiger partial charge in [0.2, 0.25) is 14.1 Å². The van der Waals surface area contributed by atoms with E-state index in [1.807, 2.05) is 189 Å². The number of aliphatic hydroxyl groups excluding tert-OH is 1. The second kappa shape index (κ2) is 31.6. The van der Waals surface area contributed by atoms with Crippen molar-refractivity contribution in [1.29, 1.82) is 0 Å². The zero-order valence-electron chi connectivity index (χ0n) is 54.9. The van der Waals surface area contributed by atoms with Crippen LogP contribution in [0.15, 0.2) is 182 Å². The largest absolute Gasteiger partial charge is 0.391 e. The lowest BCUT2D eigenvalue weighted by molar-refractivity contribution is -0.380. The van der Waals surface area contributed by atoms with Gasteiger partial charge in [-0.1, -0.05) is 237 Å². The summed E-state index contributed by atoms with van der Waals surface area (Å²) in [5.74, 6) is -2.25. The minimum atomic E-state index is -2.62. The zero-order valence-corrected chi connectivity index (χ0v) is 55.9. The van der Waals surface area contributed by atoms with E-state index in [1.54, 1.807) is 0 Å². The molecule has 0 radical (unpaired) electrons. The van der Waals surface area contributed by atoms with Gasteiger partial charge in [-0.3, -0.25) is 0 Å². The van der Waals surface area contributed by atoms with Gasteiger partial charge in [0.15, 0.2) is 30.8 Å². The van der Waals surface area contributed by atoms with Crippen molar-refractivity contribution in [3.63, 3.8) is 0 Å². The second-order valence-electron chi connectivity index (χ2n) is 26.5. The van der Waals surface area contributed by atoms with E-state index in [-0.39, 0.29) is 75.4 Å². The predicted octanol–water partition coefficient (Wildman–Crippen LogP) is 13.2. The highest BCUT2D eigenvalue weighted by Gasteiger charge is 2.69. The predicted molar refractivity (Wildman–Crippen MR) is 349 cm³/mol. The molecule has 0 aromatic heterocycles. The highest BCUT2D eigenvalue weighted by atomic mass is 28.4. The lowest BCUT2D eigenvalue weighted by Gasteiger charge is -2.53. The third-order valence-corrected chi connectivity index (χ3v) is 25.1. The van der Waals surface area contributed by atoms with Crippen LogP contribution in [-0.2, 0) is 104 Å². The Bertz CT molecular complexity index is 3100. The summed E-state index contributed by atoms with van der Waals surface area (Å²) in [6.07, 6.45) is -11.9. The van der Waals surface area contributed by atoms with E-state index in [4.69, 9.17) is 70.7 Å². The lowest BCUT2D eigenvalue weighted by atomic mass is 9.91. The van der Waals surface area contributed by atoms with E-state index in [1.165, 1.54) is 0 Å². The number of fused-ring (bicyclic) bond motifs is 1. The maximum Gasteiger partial charge on any atom is 0.229 e. The number of benzene rings is 6. The average Bonchev–Trinajstić information content (AvgIpc) is 1.55. The smallest absolute Gasteiger partial charge is 0.229 e. The molecule has 496 valence electrons. The highest BCUT2D eigenvalue weighted by Crippen LogP contribution is 2.53. The van der Waals surface area contributed by atoms with Gasteiger partial charge in [-0.25, -0.2) is 0 Å². The average molecular weight is 1280 g/mol. The first-order chi connectivity index (χ1) is 44.7. The molecule has 17 atom stereocenters. The van der Waals surface area contributed by atoms with Crippen molar-refractivity contribution in [2.75, 3.05) is 33.0 Å². The highest BCUT2D eigenvalue weighted by molar-refractivity contribution is 6.77. The molecule has 16 nitrogen and oxygen atoms in total. The van der Waals surface area contributed by atoms with E-state index in [2.05, 4.69) is 55.4 Å². The molecule has 0 amide bonds. The van der Waals surface area contributed by atoms with E-state index in [9.17, 15) is 5.11 Å². The SMILES string of the molecule is CC1O[C@@H](O[Si](C(C)C)(C(C)C)C(C)C)[C@@H](C)C(O[C@@H]2OC(COCc3ccccc3)[C@@H](OCc3ccccc3)C(OCc3ccccc3)[C@H]2O)[C@H]1O[C@@H]1OC[C@@H](C)C(OC23COC[C@@]2(COCc2ccccc2)O[C@@H](c2ccccc2)O3)[C@H]1OCc1ccccc1. The molecule has 0 spiro atoms. The van der Waals surface area contributed by atoms with Gasteiger partial charge in [0.1, 0.15) is 43.2 Å². The molecule has 6 aromatic rings. The van der Waals surface area contributed by atoms with E-state index >= 15 is 0 Å². The molecular weight excluding hydrogens is 1180 g/mol. The van der Waals surface area contributed by atoms with Crippen LogP contribution in [0, 0.1) is 11.8 Å². The molecule has 6 aromatic carbocycles. The minimum Gasteiger partial charge on any atom is -0.391 e. The summed E-state index contributed by atoms with van der Waals surface area (Å²) in [7, 11) is -2.62. The summed E-state index contributed by atoms with van der Waals surface area (Å²) in [6, 6.07) is 59.7. The van der Waals surface area contributed by atoms with Crippen molar-refractivity contribution < 1.29 is 75.8 Å². The van der Waals surface area contributed by atoms with Crippen LogP contribution in [0.5, 0.6) is 0 Å². The van der Waals surface area contributed by atoms with Gasteiger partial charge in [-0.2, -0.15) is 0 Å². The standard InChI is InChI=1S/C75H96O16Si/c1-50(2)92(51(3)4,52(5)6)91-70-54(8)65(86-72-63(76)68(81-44-59-34-22-13-23-35-59)67(80-43-58-32-20-12-21-33-58)62(85-72)46-77-41-56-28-16-10-17-29-56)66(55(9)84-70)87-73-69(82-45-60-36-24-14-25-37-60)64(53(7)40-83-73)88-75-49-79-48-74(75,47-78-42-57-30-18-11-19-31-57)89-71(90-75)61-38-26-15-27-39-61/h10-39,50-55,62-73,76H,40-49H2,1-9H3/t53-,54+,55?,62?,63-,64?,65?,66+,67-,68?,69-,70+,71-,72+,73+,74-,75?/m1/s1. The minimum absolute atomic E-state index is 0.0541. The molecule has 1 N–H and O–H groups in total. The third-order valence-electron chi connectivity index (χ3n) is 19.0. The number of rotatable bonds is 29. The number of hydrogen-bond acceptors (Lipinski definition) is 16. The van der Waals surface area contributed by atoms with E-state index in [0.717, 1.165) is 33.4 Å². The van der Waals surface area contributed by atoms with Gasteiger partial charge in [-0.05, 0) is 51.4 Å². The van der Waals surface area contributed by atoms with Crippen molar-refractivity contribution in [3.8, 4) is 0 Å². The molecule has 92 heavy (non-hydrogen) atoms. The maximum atomic E-state index is 13.1. The molecule has 0 bridgehead atoms. The Hall–Kier alpha value is -5.10. The Kier molecular flexibility index (Phi) is 23.5. The molecule has 5 aliphatic rings. The van der Waals surface area contributed by atoms with E-state index < -0.39 is 106 Å². The Labute approximate surface area is 545 Å². The first kappa shape index (κ1) is 68.3. The fourth-order valence-corrected chi connectivity index (χ4v) is 19.6. The van der Waals surface area contributed by atoms with Crippen LogP contribution >= 0.6 is 0 Å². The Morgan fingerprint density at radius 3 is 1.50 bits per heavy atom. The molecule has 5 aliphatic heterocycles. The van der Waals surface area contributed by atoms with Gasteiger partial charge < -0.3 is 75.8 Å². The van der Waals surface area contributed by atoms with Crippen molar-refractivity contribution in [3.05, 3.63) is 215 Å². The molecule has 6 unspecified atom stereocenters. The maximum absolute atomic E-state index is 13.1. The molecule has 0 aliphatic carbocycles. The number of ether oxygens (including phenoxy) is 14. The Morgan fingerprint density at radius 2 is 0.967 bits per heavy atom. The lowest BCUT2D eigenvalue weighted by Crippen LogP contribution is -2.66. The van der Waals surface area contributed by atoms with Crippen LogP contribution in [0.2, 0.25) is 16.6 Å². The number of hydrogen-bond donors (Lipinski definition) is 1.